The summed E-state index contributed by atoms with van der Waals surface area (Å²) in [7, 11) is -2.76. The lowest BCUT2D eigenvalue weighted by Crippen LogP contribution is -2.05. The molecule has 174 valence electrons. The summed E-state index contributed by atoms with van der Waals surface area (Å²) in [6.07, 6.45) is 4.92. The van der Waals surface area contributed by atoms with E-state index in [4.69, 9.17) is 9.52 Å². The molecular weight excluding hydrogens is 448 g/mol. The molecule has 7 nitrogen and oxygen atoms in total. The molecule has 2 heterocycles. The van der Waals surface area contributed by atoms with Gasteiger partial charge in [0, 0.05) is 39.8 Å². The number of ether oxygens (including phenoxy) is 1. The minimum atomic E-state index is -2.76. The van der Waals surface area contributed by atoms with Crippen molar-refractivity contribution >= 4 is 27.1 Å². The van der Waals surface area contributed by atoms with Crippen molar-refractivity contribution in [3.63, 3.8) is 0 Å². The lowest BCUT2D eigenvalue weighted by atomic mass is 10.1. The molecule has 4 rings (SSSR count). The van der Waals surface area contributed by atoms with E-state index in [0.29, 0.717) is 35.7 Å². The second-order valence-electron chi connectivity index (χ2n) is 8.06. The van der Waals surface area contributed by atoms with E-state index in [9.17, 15) is 13.0 Å². The smallest absolute Gasteiger partial charge is 0.227 e. The number of aromatic nitrogens is 2. The predicted octanol–water partition coefficient (Wildman–Crippen LogP) is 5.32. The van der Waals surface area contributed by atoms with Crippen LogP contribution in [0.2, 0.25) is 0 Å². The first-order chi connectivity index (χ1) is 15.8. The third-order valence-corrected chi connectivity index (χ3v) is 5.94. The van der Waals surface area contributed by atoms with Crippen LogP contribution in [0.5, 0.6) is 5.75 Å². The summed E-state index contributed by atoms with van der Waals surface area (Å²) in [5, 5.41) is 6.10. The molecule has 0 radical (unpaired) electrons. The van der Waals surface area contributed by atoms with Crippen LogP contribution in [0.25, 0.3) is 11.3 Å². The van der Waals surface area contributed by atoms with Crippen LogP contribution in [0.4, 0.5) is 26.1 Å². The SMILES string of the molecule is CS(=N)(=O)Cc1cc2cc(c1)OCCCCCNc1cc(ccc1F)-c1nc(ncc1F)N2. The minimum absolute atomic E-state index is 0.0373. The number of rotatable bonds is 2. The van der Waals surface area contributed by atoms with Crippen molar-refractivity contribution in [3.8, 4) is 17.0 Å². The Bertz CT molecular complexity index is 1270. The molecule has 6 bridgehead atoms. The van der Waals surface area contributed by atoms with Crippen LogP contribution < -0.4 is 15.4 Å². The normalized spacial score (nSPS) is 15.8. The van der Waals surface area contributed by atoms with Crippen LogP contribution in [-0.4, -0.2) is 33.6 Å². The molecule has 1 unspecified atom stereocenters. The number of benzene rings is 2. The van der Waals surface area contributed by atoms with Gasteiger partial charge in [-0.2, -0.15) is 0 Å². The average Bonchev–Trinajstić information content (AvgIpc) is 2.74. The van der Waals surface area contributed by atoms with E-state index in [1.807, 2.05) is 0 Å². The molecule has 3 N–H and O–H groups in total. The highest BCUT2D eigenvalue weighted by Crippen LogP contribution is 2.29. The van der Waals surface area contributed by atoms with Gasteiger partial charge in [-0.3, -0.25) is 4.78 Å². The zero-order chi connectivity index (χ0) is 23.4. The second kappa shape index (κ2) is 9.70. The number of nitrogens with one attached hydrogen (secondary N) is 3. The van der Waals surface area contributed by atoms with Crippen LogP contribution in [0.3, 0.4) is 0 Å². The van der Waals surface area contributed by atoms with Crippen LogP contribution in [0.1, 0.15) is 24.8 Å². The number of anilines is 3. The van der Waals surface area contributed by atoms with Crippen LogP contribution >= 0.6 is 0 Å². The predicted molar refractivity (Wildman–Crippen MR) is 125 cm³/mol. The molecule has 3 aromatic rings. The molecule has 1 aliphatic rings. The lowest BCUT2D eigenvalue weighted by molar-refractivity contribution is 0.306. The van der Waals surface area contributed by atoms with Crippen LogP contribution in [-0.2, 0) is 15.5 Å². The van der Waals surface area contributed by atoms with E-state index in [1.165, 1.54) is 24.5 Å². The first-order valence-electron chi connectivity index (χ1n) is 10.6. The first kappa shape index (κ1) is 22.9. The molecule has 0 fully saturated rings. The highest BCUT2D eigenvalue weighted by Gasteiger charge is 2.14. The molecule has 0 saturated carbocycles. The zero-order valence-corrected chi connectivity index (χ0v) is 19.0. The summed E-state index contributed by atoms with van der Waals surface area (Å²) in [5.74, 6) is -0.275. The van der Waals surface area contributed by atoms with Gasteiger partial charge in [0.15, 0.2) is 5.82 Å². The van der Waals surface area contributed by atoms with Crippen molar-refractivity contribution in [2.75, 3.05) is 30.0 Å². The fourth-order valence-electron chi connectivity index (χ4n) is 3.60. The van der Waals surface area contributed by atoms with Gasteiger partial charge in [-0.1, -0.05) is 0 Å². The van der Waals surface area contributed by atoms with E-state index in [1.54, 1.807) is 18.2 Å². The van der Waals surface area contributed by atoms with Gasteiger partial charge in [0.1, 0.15) is 17.3 Å². The maximum atomic E-state index is 14.6. The topological polar surface area (TPSA) is 100.0 Å². The summed E-state index contributed by atoms with van der Waals surface area (Å²) in [6, 6.07) is 9.56. The van der Waals surface area contributed by atoms with Crippen molar-refractivity contribution < 1.29 is 17.7 Å². The molecule has 0 aliphatic carbocycles. The van der Waals surface area contributed by atoms with Gasteiger partial charge in [0.25, 0.3) is 0 Å². The Balaban J connectivity index is 1.75. The third-order valence-electron chi connectivity index (χ3n) is 5.05. The zero-order valence-electron chi connectivity index (χ0n) is 18.2. The Labute approximate surface area is 191 Å². The van der Waals surface area contributed by atoms with E-state index in [-0.39, 0.29) is 23.1 Å². The van der Waals surface area contributed by atoms with Gasteiger partial charge in [-0.15, -0.1) is 0 Å². The van der Waals surface area contributed by atoms with Crippen molar-refractivity contribution in [3.05, 3.63) is 59.8 Å². The largest absolute Gasteiger partial charge is 0.494 e. The molecule has 0 amide bonds. The molecule has 1 aliphatic heterocycles. The Morgan fingerprint density at radius 3 is 2.79 bits per heavy atom. The van der Waals surface area contributed by atoms with Gasteiger partial charge in [-0.05, 0) is 55.2 Å². The third kappa shape index (κ3) is 6.16. The molecule has 1 aromatic heterocycles. The standard InChI is InChI=1S/C23H25F2N5O2S/c1-33(26,31)14-15-9-17-12-18(10-15)32-8-4-2-3-7-27-21-11-16(5-6-19(21)24)22-20(25)13-28-23(29-17)30-22/h5-6,9-13,26-27H,2-4,7-8,14H2,1H3,(H,28,29,30). The fourth-order valence-corrected chi connectivity index (χ4v) is 4.40. The molecule has 1 atom stereocenters. The summed E-state index contributed by atoms with van der Waals surface area (Å²) < 4.78 is 54.5. The molecule has 33 heavy (non-hydrogen) atoms. The van der Waals surface area contributed by atoms with Gasteiger partial charge >= 0.3 is 0 Å². The van der Waals surface area contributed by atoms with Crippen LogP contribution in [0, 0.1) is 16.4 Å². The summed E-state index contributed by atoms with van der Waals surface area (Å²) in [6.45, 7) is 1.04. The van der Waals surface area contributed by atoms with E-state index >= 15 is 0 Å². The number of halogens is 2. The maximum Gasteiger partial charge on any atom is 0.227 e. The minimum Gasteiger partial charge on any atom is -0.494 e. The number of hydrogen-bond donors (Lipinski definition) is 3. The van der Waals surface area contributed by atoms with Crippen molar-refractivity contribution in [2.45, 2.75) is 25.0 Å². The van der Waals surface area contributed by atoms with E-state index in [0.717, 1.165) is 25.5 Å². The first-order valence-corrected chi connectivity index (χ1v) is 12.7. The Morgan fingerprint density at radius 2 is 1.97 bits per heavy atom. The van der Waals surface area contributed by atoms with Crippen molar-refractivity contribution in [1.82, 2.24) is 9.97 Å². The Kier molecular flexibility index (Phi) is 6.73. The number of nitrogens with zero attached hydrogens (tertiary/aromatic N) is 2. The lowest BCUT2D eigenvalue weighted by Gasteiger charge is -2.13. The highest BCUT2D eigenvalue weighted by atomic mass is 32.2. The highest BCUT2D eigenvalue weighted by molar-refractivity contribution is 7.90. The van der Waals surface area contributed by atoms with E-state index < -0.39 is 21.4 Å². The summed E-state index contributed by atoms with van der Waals surface area (Å²) in [5.41, 5.74) is 1.98. The maximum absolute atomic E-state index is 14.6. The summed E-state index contributed by atoms with van der Waals surface area (Å²) in [4.78, 5) is 8.32. The molecular formula is C23H25F2N5O2S. The Hall–Kier alpha value is -3.27. The molecule has 2 aromatic carbocycles. The molecule has 0 saturated heterocycles. The second-order valence-corrected chi connectivity index (χ2v) is 10.4. The number of hydrogen-bond acceptors (Lipinski definition) is 7. The van der Waals surface area contributed by atoms with Crippen molar-refractivity contribution in [1.29, 1.82) is 4.78 Å². The summed E-state index contributed by atoms with van der Waals surface area (Å²) >= 11 is 0. The van der Waals surface area contributed by atoms with Gasteiger partial charge < -0.3 is 15.4 Å². The quantitative estimate of drug-likeness (QED) is 0.466. The number of fused-ring (bicyclic) bond motifs is 7. The molecule has 10 heteroatoms. The van der Waals surface area contributed by atoms with E-state index in [2.05, 4.69) is 20.6 Å². The van der Waals surface area contributed by atoms with Gasteiger partial charge in [0.05, 0.1) is 24.2 Å². The molecule has 0 spiro atoms. The fraction of sp³-hybridized carbons (Fsp3) is 0.304. The average molecular weight is 474 g/mol. The Morgan fingerprint density at radius 1 is 1.12 bits per heavy atom. The van der Waals surface area contributed by atoms with Gasteiger partial charge in [0.2, 0.25) is 5.95 Å². The van der Waals surface area contributed by atoms with Gasteiger partial charge in [-0.25, -0.2) is 23.0 Å². The van der Waals surface area contributed by atoms with Crippen LogP contribution in [0.15, 0.2) is 42.6 Å². The monoisotopic (exact) mass is 473 g/mol. The van der Waals surface area contributed by atoms with Crippen molar-refractivity contribution in [2.24, 2.45) is 0 Å².